The molecular weight excluding hydrogens is 436 g/mol. The van der Waals surface area contributed by atoms with E-state index in [1.807, 2.05) is 6.07 Å². The molecule has 0 aliphatic carbocycles. The Morgan fingerprint density at radius 2 is 1.83 bits per heavy atom. The van der Waals surface area contributed by atoms with Crippen LogP contribution in [0.1, 0.15) is 56.3 Å². The Morgan fingerprint density at radius 3 is 2.54 bits per heavy atom. The first-order chi connectivity index (χ1) is 17.0. The van der Waals surface area contributed by atoms with Crippen molar-refractivity contribution >= 4 is 10.9 Å². The second-order valence-corrected chi connectivity index (χ2v) is 10.2. The Hall–Kier alpha value is -2.57. The molecule has 0 spiro atoms. The molecule has 0 saturated carbocycles. The van der Waals surface area contributed by atoms with Gasteiger partial charge in [0.25, 0.3) is 0 Å². The SMILES string of the molecule is CCC1CC(c2cc3c(-c4ccc(OC)c(OC)c4)c(C)n(C)c3cn2)CCN1C1CCNCC1. The van der Waals surface area contributed by atoms with Crippen LogP contribution in [-0.2, 0) is 7.05 Å². The lowest BCUT2D eigenvalue weighted by Crippen LogP contribution is -2.51. The predicted octanol–water partition coefficient (Wildman–Crippen LogP) is 5.28. The number of nitrogens with zero attached hydrogens (tertiary/aromatic N) is 3. The number of nitrogens with one attached hydrogen (secondary N) is 1. The molecule has 2 fully saturated rings. The Kier molecular flexibility index (Phi) is 7.03. The molecule has 2 unspecified atom stereocenters. The van der Waals surface area contributed by atoms with Crippen LogP contribution < -0.4 is 14.8 Å². The van der Waals surface area contributed by atoms with Crippen molar-refractivity contribution in [1.82, 2.24) is 19.8 Å². The zero-order chi connectivity index (χ0) is 24.5. The number of aromatic nitrogens is 2. The number of likely N-dealkylation sites (tertiary alicyclic amines) is 1. The zero-order valence-electron chi connectivity index (χ0n) is 21.9. The maximum atomic E-state index is 5.61. The Morgan fingerprint density at radius 1 is 1.06 bits per heavy atom. The number of fused-ring (bicyclic) bond motifs is 1. The summed E-state index contributed by atoms with van der Waals surface area (Å²) in [4.78, 5) is 7.83. The van der Waals surface area contributed by atoms with Gasteiger partial charge in [0.1, 0.15) is 0 Å². The van der Waals surface area contributed by atoms with Crippen molar-refractivity contribution in [2.45, 2.75) is 64.0 Å². The fourth-order valence-corrected chi connectivity index (χ4v) is 6.41. The first-order valence-electron chi connectivity index (χ1n) is 13.2. The molecule has 2 aromatic heterocycles. The van der Waals surface area contributed by atoms with Gasteiger partial charge in [-0.15, -0.1) is 0 Å². The van der Waals surface area contributed by atoms with Gasteiger partial charge in [-0.05, 0) is 82.4 Å². The summed E-state index contributed by atoms with van der Waals surface area (Å²) in [5.41, 5.74) is 6.06. The van der Waals surface area contributed by atoms with Crippen LogP contribution >= 0.6 is 0 Å². The quantitative estimate of drug-likeness (QED) is 0.525. The van der Waals surface area contributed by atoms with Crippen molar-refractivity contribution in [1.29, 1.82) is 0 Å². The van der Waals surface area contributed by atoms with E-state index >= 15 is 0 Å². The molecule has 3 aromatic rings. The first-order valence-corrected chi connectivity index (χ1v) is 13.2. The van der Waals surface area contributed by atoms with Crippen LogP contribution in [0.3, 0.4) is 0 Å². The van der Waals surface area contributed by atoms with Crippen LogP contribution in [0, 0.1) is 6.92 Å². The molecule has 35 heavy (non-hydrogen) atoms. The second kappa shape index (κ2) is 10.2. The van der Waals surface area contributed by atoms with Crippen LogP contribution in [-0.4, -0.2) is 60.4 Å². The average Bonchev–Trinajstić information content (AvgIpc) is 3.17. The van der Waals surface area contributed by atoms with Crippen molar-refractivity contribution in [2.24, 2.45) is 7.05 Å². The van der Waals surface area contributed by atoms with Gasteiger partial charge < -0.3 is 19.4 Å². The molecule has 1 N–H and O–H groups in total. The van der Waals surface area contributed by atoms with Gasteiger partial charge in [-0.1, -0.05) is 13.0 Å². The number of benzene rings is 1. The second-order valence-electron chi connectivity index (χ2n) is 10.2. The van der Waals surface area contributed by atoms with Crippen molar-refractivity contribution in [3.05, 3.63) is 41.9 Å². The third kappa shape index (κ3) is 4.43. The van der Waals surface area contributed by atoms with Crippen molar-refractivity contribution in [3.63, 3.8) is 0 Å². The van der Waals surface area contributed by atoms with E-state index in [1.54, 1.807) is 14.2 Å². The first kappa shape index (κ1) is 24.1. The molecule has 0 bridgehead atoms. The maximum absolute atomic E-state index is 5.61. The summed E-state index contributed by atoms with van der Waals surface area (Å²) in [5, 5.41) is 4.80. The van der Waals surface area contributed by atoms with E-state index in [0.29, 0.717) is 12.0 Å². The van der Waals surface area contributed by atoms with Gasteiger partial charge in [-0.25, -0.2) is 0 Å². The number of ether oxygens (including phenoxy) is 2. The molecule has 2 saturated heterocycles. The molecule has 188 valence electrons. The van der Waals surface area contributed by atoms with Gasteiger partial charge >= 0.3 is 0 Å². The predicted molar refractivity (Wildman–Crippen MR) is 143 cm³/mol. The topological polar surface area (TPSA) is 51.6 Å². The highest BCUT2D eigenvalue weighted by Gasteiger charge is 2.34. The van der Waals surface area contributed by atoms with Crippen LogP contribution in [0.4, 0.5) is 0 Å². The molecular formula is C29H40N4O2. The lowest BCUT2D eigenvalue weighted by Gasteiger charge is -2.45. The fraction of sp³-hybridized carbons (Fsp3) is 0.552. The number of methoxy groups -OCH3 is 2. The normalized spacial score (nSPS) is 22.0. The molecule has 2 aliphatic heterocycles. The van der Waals surface area contributed by atoms with Gasteiger partial charge in [-0.2, -0.15) is 0 Å². The third-order valence-electron chi connectivity index (χ3n) is 8.50. The highest BCUT2D eigenvalue weighted by molar-refractivity contribution is 5.98. The van der Waals surface area contributed by atoms with Crippen molar-refractivity contribution < 1.29 is 9.47 Å². The van der Waals surface area contributed by atoms with E-state index in [9.17, 15) is 0 Å². The standard InChI is InChI=1S/C29H40N4O2/c1-6-22-15-20(11-14-33(22)23-9-12-30-13-10-23)25-17-24-26(18-31-25)32(3)19(2)29(24)21-7-8-27(34-4)28(16-21)35-5/h7-8,16-18,20,22-23,30H,6,9-15H2,1-5H3. The number of hydrogen-bond donors (Lipinski definition) is 1. The maximum Gasteiger partial charge on any atom is 0.161 e. The van der Waals surface area contributed by atoms with E-state index < -0.39 is 0 Å². The van der Waals surface area contributed by atoms with Gasteiger partial charge in [0.2, 0.25) is 0 Å². The molecule has 2 aliphatic rings. The summed E-state index contributed by atoms with van der Waals surface area (Å²) in [7, 11) is 5.51. The average molecular weight is 477 g/mol. The molecule has 5 rings (SSSR count). The summed E-state index contributed by atoms with van der Waals surface area (Å²) in [6.07, 6.45) is 8.26. The Bertz CT molecular complexity index is 1180. The van der Waals surface area contributed by atoms with Gasteiger partial charge in [-0.3, -0.25) is 9.88 Å². The number of hydrogen-bond acceptors (Lipinski definition) is 5. The van der Waals surface area contributed by atoms with E-state index in [4.69, 9.17) is 14.5 Å². The molecule has 4 heterocycles. The summed E-state index contributed by atoms with van der Waals surface area (Å²) in [5.74, 6) is 2.02. The minimum absolute atomic E-state index is 0.515. The number of aryl methyl sites for hydroxylation is 1. The lowest BCUT2D eigenvalue weighted by atomic mass is 9.84. The smallest absolute Gasteiger partial charge is 0.161 e. The van der Waals surface area contributed by atoms with Crippen LogP contribution in [0.25, 0.3) is 22.0 Å². The molecule has 1 aromatic carbocycles. The van der Waals surface area contributed by atoms with Gasteiger partial charge in [0.05, 0.1) is 25.9 Å². The molecule has 0 radical (unpaired) electrons. The molecule has 6 heteroatoms. The Labute approximate surface area is 209 Å². The zero-order valence-corrected chi connectivity index (χ0v) is 21.9. The van der Waals surface area contributed by atoms with Gasteiger partial charge in [0, 0.05) is 47.4 Å². The largest absolute Gasteiger partial charge is 0.493 e. The number of rotatable bonds is 6. The minimum Gasteiger partial charge on any atom is -0.493 e. The van der Waals surface area contributed by atoms with E-state index in [0.717, 1.165) is 36.2 Å². The minimum atomic E-state index is 0.515. The summed E-state index contributed by atoms with van der Waals surface area (Å²) < 4.78 is 13.3. The number of piperidine rings is 2. The number of pyridine rings is 1. The third-order valence-corrected chi connectivity index (χ3v) is 8.50. The monoisotopic (exact) mass is 476 g/mol. The molecule has 2 atom stereocenters. The highest BCUT2D eigenvalue weighted by atomic mass is 16.5. The van der Waals surface area contributed by atoms with Crippen molar-refractivity contribution in [2.75, 3.05) is 33.9 Å². The van der Waals surface area contributed by atoms with Crippen LogP contribution in [0.15, 0.2) is 30.5 Å². The van der Waals surface area contributed by atoms with Crippen molar-refractivity contribution in [3.8, 4) is 22.6 Å². The van der Waals surface area contributed by atoms with Gasteiger partial charge in [0.15, 0.2) is 11.5 Å². The summed E-state index contributed by atoms with van der Waals surface area (Å²) in [6, 6.07) is 9.98. The Balaban J connectivity index is 1.48. The fourth-order valence-electron chi connectivity index (χ4n) is 6.41. The summed E-state index contributed by atoms with van der Waals surface area (Å²) in [6.45, 7) is 8.05. The van der Waals surface area contributed by atoms with Crippen LogP contribution in [0.5, 0.6) is 11.5 Å². The van der Waals surface area contributed by atoms with Crippen LogP contribution in [0.2, 0.25) is 0 Å². The van der Waals surface area contributed by atoms with E-state index in [2.05, 4.69) is 60.1 Å². The molecule has 0 amide bonds. The van der Waals surface area contributed by atoms with E-state index in [1.165, 1.54) is 66.5 Å². The summed E-state index contributed by atoms with van der Waals surface area (Å²) >= 11 is 0. The van der Waals surface area contributed by atoms with E-state index in [-0.39, 0.29) is 0 Å². The molecule has 6 nitrogen and oxygen atoms in total. The highest BCUT2D eigenvalue weighted by Crippen LogP contribution is 2.41. The lowest BCUT2D eigenvalue weighted by molar-refractivity contribution is 0.0648.